The highest BCUT2D eigenvalue weighted by molar-refractivity contribution is 7.07. The summed E-state index contributed by atoms with van der Waals surface area (Å²) in [5, 5.41) is 0. The molecule has 2 heterocycles. The number of fused-ring (bicyclic) bond motifs is 1. The molecule has 0 bridgehead atoms. The number of hydrogen-bond donors (Lipinski definition) is 0. The molecule has 0 fully saturated rings. The number of benzene rings is 2. The Kier molecular flexibility index (Phi) is 7.36. The van der Waals surface area contributed by atoms with E-state index in [4.69, 9.17) is 9.47 Å². The lowest BCUT2D eigenvalue weighted by atomic mass is 9.93. The number of thiazole rings is 1. The largest absolute Gasteiger partial charge is 0.494 e. The maximum Gasteiger partial charge on any atom is 0.338 e. The zero-order chi connectivity index (χ0) is 25.1. The van der Waals surface area contributed by atoms with E-state index in [2.05, 4.69) is 18.8 Å². The highest BCUT2D eigenvalue weighted by Gasteiger charge is 2.33. The maximum atomic E-state index is 13.7. The highest BCUT2D eigenvalue weighted by atomic mass is 32.1. The molecule has 0 N–H and O–H groups in total. The molecule has 0 amide bonds. The van der Waals surface area contributed by atoms with Gasteiger partial charge in [-0.15, -0.1) is 0 Å². The van der Waals surface area contributed by atoms with Crippen LogP contribution in [0.25, 0.3) is 6.08 Å². The van der Waals surface area contributed by atoms with Gasteiger partial charge in [-0.25, -0.2) is 9.79 Å². The number of ether oxygens (including phenoxy) is 2. The molecule has 1 atom stereocenters. The van der Waals surface area contributed by atoms with E-state index in [-0.39, 0.29) is 12.2 Å². The van der Waals surface area contributed by atoms with Gasteiger partial charge in [0.15, 0.2) is 4.80 Å². The molecule has 2 aromatic carbocycles. The van der Waals surface area contributed by atoms with Crippen LogP contribution < -0.4 is 19.6 Å². The van der Waals surface area contributed by atoms with Crippen LogP contribution in [-0.2, 0) is 9.53 Å². The van der Waals surface area contributed by atoms with Gasteiger partial charge in [0.25, 0.3) is 5.56 Å². The minimum Gasteiger partial charge on any atom is -0.494 e. The Morgan fingerprint density at radius 2 is 1.77 bits per heavy atom. The summed E-state index contributed by atoms with van der Waals surface area (Å²) < 4.78 is 13.0. The summed E-state index contributed by atoms with van der Waals surface area (Å²) >= 11 is 1.32. The summed E-state index contributed by atoms with van der Waals surface area (Å²) in [5.41, 5.74) is 3.70. The number of rotatable bonds is 7. The number of allylic oxidation sites excluding steroid dienone is 1. The van der Waals surface area contributed by atoms with Crippen LogP contribution in [0.4, 0.5) is 0 Å². The molecule has 1 aliphatic heterocycles. The van der Waals surface area contributed by atoms with Crippen LogP contribution in [-0.4, -0.2) is 23.8 Å². The number of aromatic nitrogens is 1. The van der Waals surface area contributed by atoms with Gasteiger partial charge < -0.3 is 9.47 Å². The smallest absolute Gasteiger partial charge is 0.338 e. The van der Waals surface area contributed by atoms with E-state index in [1.165, 1.54) is 16.9 Å². The summed E-state index contributed by atoms with van der Waals surface area (Å²) in [6.07, 6.45) is 1.85. The summed E-state index contributed by atoms with van der Waals surface area (Å²) in [6, 6.07) is 15.1. The summed E-state index contributed by atoms with van der Waals surface area (Å²) in [4.78, 5) is 31.9. The topological polar surface area (TPSA) is 69.9 Å². The van der Waals surface area contributed by atoms with Crippen molar-refractivity contribution in [2.24, 2.45) is 4.99 Å². The first-order valence-corrected chi connectivity index (χ1v) is 12.7. The Morgan fingerprint density at radius 3 is 2.37 bits per heavy atom. The third-order valence-corrected chi connectivity index (χ3v) is 6.91. The zero-order valence-corrected chi connectivity index (χ0v) is 21.5. The number of carbonyl (C=O) groups excluding carboxylic acids is 1. The molecule has 6 nitrogen and oxygen atoms in total. The van der Waals surface area contributed by atoms with Crippen molar-refractivity contribution in [3.05, 3.63) is 96.2 Å². The van der Waals surface area contributed by atoms with Crippen LogP contribution in [0.5, 0.6) is 5.75 Å². The van der Waals surface area contributed by atoms with Crippen molar-refractivity contribution < 1.29 is 14.3 Å². The maximum absolute atomic E-state index is 13.7. The van der Waals surface area contributed by atoms with Crippen LogP contribution in [0.2, 0.25) is 0 Å². The van der Waals surface area contributed by atoms with Crippen molar-refractivity contribution in [2.75, 3.05) is 13.2 Å². The second-order valence-electron chi connectivity index (χ2n) is 8.63. The van der Waals surface area contributed by atoms with E-state index < -0.39 is 12.0 Å². The third-order valence-electron chi connectivity index (χ3n) is 5.92. The van der Waals surface area contributed by atoms with Gasteiger partial charge in [0.2, 0.25) is 0 Å². The third kappa shape index (κ3) is 5.00. The van der Waals surface area contributed by atoms with Crippen molar-refractivity contribution in [1.82, 2.24) is 4.57 Å². The van der Waals surface area contributed by atoms with E-state index in [0.29, 0.717) is 33.1 Å². The monoisotopic (exact) mass is 490 g/mol. The minimum atomic E-state index is -0.603. The SMILES string of the molecule is CCOC(=O)C1=C(C)N=c2s/c(=C\c3ccc(OCC)cc3)c(=O)n2[C@@H]1c1ccc(C(C)C)cc1. The lowest BCUT2D eigenvalue weighted by molar-refractivity contribution is -0.139. The molecule has 0 unspecified atom stereocenters. The fourth-order valence-corrected chi connectivity index (χ4v) is 5.20. The molecular weight excluding hydrogens is 460 g/mol. The van der Waals surface area contributed by atoms with E-state index in [1.807, 2.05) is 61.5 Å². The lowest BCUT2D eigenvalue weighted by Crippen LogP contribution is -2.39. The van der Waals surface area contributed by atoms with Crippen LogP contribution in [0.3, 0.4) is 0 Å². The van der Waals surface area contributed by atoms with Crippen molar-refractivity contribution in [3.8, 4) is 5.75 Å². The Balaban J connectivity index is 1.87. The van der Waals surface area contributed by atoms with E-state index in [0.717, 1.165) is 16.9 Å². The van der Waals surface area contributed by atoms with E-state index >= 15 is 0 Å². The summed E-state index contributed by atoms with van der Waals surface area (Å²) in [6.45, 7) is 10.6. The average Bonchev–Trinajstić information content (AvgIpc) is 3.14. The standard InChI is InChI=1S/C28H30N2O4S/c1-6-33-22-14-8-19(9-15-22)16-23-26(31)30-25(21-12-10-20(11-13-21)17(3)4)24(27(32)34-7-2)18(5)29-28(30)35-23/h8-17,25H,6-7H2,1-5H3/b23-16-/t25-/m1/s1. The second-order valence-corrected chi connectivity index (χ2v) is 9.63. The Hall–Kier alpha value is -3.45. The van der Waals surface area contributed by atoms with Crippen LogP contribution in [0.1, 0.15) is 63.3 Å². The summed E-state index contributed by atoms with van der Waals surface area (Å²) in [5.74, 6) is 0.708. The average molecular weight is 491 g/mol. The van der Waals surface area contributed by atoms with Crippen LogP contribution in [0.15, 0.2) is 69.6 Å². The van der Waals surface area contributed by atoms with Gasteiger partial charge in [0.1, 0.15) is 5.75 Å². The first kappa shape index (κ1) is 24.7. The van der Waals surface area contributed by atoms with Crippen molar-refractivity contribution in [1.29, 1.82) is 0 Å². The molecule has 182 valence electrons. The molecule has 0 saturated heterocycles. The predicted molar refractivity (Wildman–Crippen MR) is 139 cm³/mol. The minimum absolute atomic E-state index is 0.185. The van der Waals surface area contributed by atoms with Gasteiger partial charge in [-0.2, -0.15) is 0 Å². The second kappa shape index (κ2) is 10.4. The van der Waals surface area contributed by atoms with Crippen LogP contribution >= 0.6 is 11.3 Å². The van der Waals surface area contributed by atoms with E-state index in [1.54, 1.807) is 18.4 Å². The van der Waals surface area contributed by atoms with Gasteiger partial charge in [0.05, 0.1) is 35.1 Å². The molecule has 1 aliphatic rings. The van der Waals surface area contributed by atoms with Gasteiger partial charge in [-0.1, -0.05) is 61.6 Å². The Labute approximate surface area is 208 Å². The zero-order valence-electron chi connectivity index (χ0n) is 20.7. The van der Waals surface area contributed by atoms with Crippen molar-refractivity contribution >= 4 is 23.4 Å². The molecule has 0 spiro atoms. The fraction of sp³-hybridized carbons (Fsp3) is 0.321. The van der Waals surface area contributed by atoms with Crippen molar-refractivity contribution in [2.45, 2.75) is 46.6 Å². The first-order valence-electron chi connectivity index (χ1n) is 11.9. The van der Waals surface area contributed by atoms with Crippen molar-refractivity contribution in [3.63, 3.8) is 0 Å². The molecular formula is C28H30N2O4S. The normalized spacial score (nSPS) is 15.7. The van der Waals surface area contributed by atoms with Crippen LogP contribution in [0, 0.1) is 0 Å². The van der Waals surface area contributed by atoms with E-state index in [9.17, 15) is 9.59 Å². The van der Waals surface area contributed by atoms with Gasteiger partial charge in [0, 0.05) is 0 Å². The number of hydrogen-bond acceptors (Lipinski definition) is 6. The Morgan fingerprint density at radius 1 is 1.09 bits per heavy atom. The molecule has 35 heavy (non-hydrogen) atoms. The molecule has 0 saturated carbocycles. The Bertz CT molecular complexity index is 1430. The molecule has 7 heteroatoms. The quantitative estimate of drug-likeness (QED) is 0.463. The fourth-order valence-electron chi connectivity index (χ4n) is 4.15. The molecule has 0 radical (unpaired) electrons. The molecule has 1 aromatic heterocycles. The molecule has 4 rings (SSSR count). The number of nitrogens with zero attached hydrogens (tertiary/aromatic N) is 2. The highest BCUT2D eigenvalue weighted by Crippen LogP contribution is 2.31. The lowest BCUT2D eigenvalue weighted by Gasteiger charge is -2.25. The van der Waals surface area contributed by atoms with Gasteiger partial charge in [-0.05, 0) is 61.6 Å². The van der Waals surface area contributed by atoms with Gasteiger partial charge >= 0.3 is 5.97 Å². The molecule has 0 aliphatic carbocycles. The number of carbonyl (C=O) groups is 1. The summed E-state index contributed by atoms with van der Waals surface area (Å²) in [7, 11) is 0. The van der Waals surface area contributed by atoms with Gasteiger partial charge in [-0.3, -0.25) is 9.36 Å². The number of esters is 1. The molecule has 3 aromatic rings. The predicted octanol–water partition coefficient (Wildman–Crippen LogP) is 4.32. The first-order chi connectivity index (χ1) is 16.8.